The Hall–Kier alpha value is -3.06. The molecule has 1 N–H and O–H groups in total. The van der Waals surface area contributed by atoms with Crippen LogP contribution in [0.5, 0.6) is 5.75 Å². The summed E-state index contributed by atoms with van der Waals surface area (Å²) in [4.78, 5) is 26.5. The largest absolute Gasteiger partial charge is 0.493 e. The van der Waals surface area contributed by atoms with E-state index in [-0.39, 0.29) is 18.9 Å². The Labute approximate surface area is 176 Å². The molecule has 0 bridgehead atoms. The molecule has 0 radical (unpaired) electrons. The second-order valence-corrected chi connectivity index (χ2v) is 7.18. The number of nitrogens with zero attached hydrogens (tertiary/aromatic N) is 1. The fraction of sp³-hybridized carbons (Fsp3) is 0.391. The minimum absolute atomic E-state index is 0.0693. The second-order valence-electron chi connectivity index (χ2n) is 7.18. The van der Waals surface area contributed by atoms with Crippen molar-refractivity contribution >= 4 is 23.3 Å². The van der Waals surface area contributed by atoms with Crippen LogP contribution in [0.25, 0.3) is 0 Å². The van der Waals surface area contributed by atoms with Gasteiger partial charge in [-0.05, 0) is 55.8 Å². The maximum Gasteiger partial charge on any atom is 0.310 e. The molecule has 30 heavy (non-hydrogen) atoms. The molecule has 0 spiro atoms. The number of morpholine rings is 1. The molecular weight excluding hydrogens is 384 g/mol. The third-order valence-electron chi connectivity index (χ3n) is 4.75. The maximum absolute atomic E-state index is 12.3. The minimum atomic E-state index is -0.893. The number of hydrogen-bond acceptors (Lipinski definition) is 6. The van der Waals surface area contributed by atoms with Gasteiger partial charge >= 0.3 is 5.97 Å². The number of esters is 1. The van der Waals surface area contributed by atoms with E-state index in [0.29, 0.717) is 11.4 Å². The van der Waals surface area contributed by atoms with Gasteiger partial charge in [-0.1, -0.05) is 12.1 Å². The van der Waals surface area contributed by atoms with Gasteiger partial charge in [0.1, 0.15) is 5.75 Å². The summed E-state index contributed by atoms with van der Waals surface area (Å²) in [6, 6.07) is 15.2. The van der Waals surface area contributed by atoms with E-state index in [2.05, 4.69) is 10.2 Å². The second kappa shape index (κ2) is 10.6. The van der Waals surface area contributed by atoms with Crippen molar-refractivity contribution in [3.8, 4) is 5.75 Å². The SMILES string of the molecule is Cc1cccc(OCCC(=O)O[C@H](C)C(=O)Nc2ccc(N3CCOCC3)cc2)c1. The molecule has 3 rings (SSSR count). The van der Waals surface area contributed by atoms with Crippen molar-refractivity contribution in [1.82, 2.24) is 0 Å². The van der Waals surface area contributed by atoms with Crippen LogP contribution in [-0.2, 0) is 19.1 Å². The van der Waals surface area contributed by atoms with Gasteiger partial charge in [-0.2, -0.15) is 0 Å². The van der Waals surface area contributed by atoms with E-state index in [1.165, 1.54) is 0 Å². The van der Waals surface area contributed by atoms with Gasteiger partial charge in [-0.15, -0.1) is 0 Å². The van der Waals surface area contributed by atoms with Crippen molar-refractivity contribution in [3.63, 3.8) is 0 Å². The molecule has 1 saturated heterocycles. The third kappa shape index (κ3) is 6.49. The molecule has 0 unspecified atom stereocenters. The molecule has 160 valence electrons. The number of ether oxygens (including phenoxy) is 3. The molecule has 1 atom stereocenters. The summed E-state index contributed by atoms with van der Waals surface area (Å²) < 4.78 is 16.1. The Morgan fingerprint density at radius 2 is 1.87 bits per heavy atom. The number of rotatable bonds is 8. The lowest BCUT2D eigenvalue weighted by atomic mass is 10.2. The molecule has 7 nitrogen and oxygen atoms in total. The fourth-order valence-corrected chi connectivity index (χ4v) is 3.09. The van der Waals surface area contributed by atoms with Crippen LogP contribution in [0.3, 0.4) is 0 Å². The van der Waals surface area contributed by atoms with Crippen LogP contribution in [0.2, 0.25) is 0 Å². The molecule has 1 aliphatic heterocycles. The van der Waals surface area contributed by atoms with Crippen molar-refractivity contribution in [3.05, 3.63) is 54.1 Å². The van der Waals surface area contributed by atoms with Crippen LogP contribution < -0.4 is 15.0 Å². The topological polar surface area (TPSA) is 77.1 Å². The van der Waals surface area contributed by atoms with Gasteiger partial charge in [0.05, 0.1) is 26.2 Å². The molecule has 0 aromatic heterocycles. The minimum Gasteiger partial charge on any atom is -0.493 e. The number of nitrogens with one attached hydrogen (secondary N) is 1. The zero-order chi connectivity index (χ0) is 21.3. The van der Waals surface area contributed by atoms with E-state index in [0.717, 1.165) is 37.6 Å². The lowest BCUT2D eigenvalue weighted by Crippen LogP contribution is -2.36. The first kappa shape index (κ1) is 21.6. The molecule has 0 aliphatic carbocycles. The quantitative estimate of drug-likeness (QED) is 0.671. The Balaban J connectivity index is 1.40. The van der Waals surface area contributed by atoms with Crippen molar-refractivity contribution in [2.24, 2.45) is 0 Å². The first-order valence-electron chi connectivity index (χ1n) is 10.1. The summed E-state index contributed by atoms with van der Waals surface area (Å²) in [6.07, 6.45) is -0.824. The van der Waals surface area contributed by atoms with E-state index < -0.39 is 12.1 Å². The standard InChI is InChI=1S/C23H28N2O5/c1-17-4-3-5-21(16-17)29-13-10-22(26)30-18(2)23(27)24-19-6-8-20(9-7-19)25-11-14-28-15-12-25/h3-9,16,18H,10-15H2,1-2H3,(H,24,27)/t18-/m1/s1. The lowest BCUT2D eigenvalue weighted by molar-refractivity contribution is -0.153. The van der Waals surface area contributed by atoms with E-state index in [1.54, 1.807) is 6.92 Å². The van der Waals surface area contributed by atoms with Gasteiger partial charge in [0, 0.05) is 24.5 Å². The molecule has 1 heterocycles. The van der Waals surface area contributed by atoms with Crippen molar-refractivity contribution in [2.45, 2.75) is 26.4 Å². The highest BCUT2D eigenvalue weighted by Crippen LogP contribution is 2.19. The first-order chi connectivity index (χ1) is 14.5. The first-order valence-corrected chi connectivity index (χ1v) is 10.1. The summed E-state index contributed by atoms with van der Waals surface area (Å²) in [7, 11) is 0. The summed E-state index contributed by atoms with van der Waals surface area (Å²) >= 11 is 0. The van der Waals surface area contributed by atoms with Gasteiger partial charge in [0.2, 0.25) is 0 Å². The predicted octanol–water partition coefficient (Wildman–Crippen LogP) is 3.17. The fourth-order valence-electron chi connectivity index (χ4n) is 3.09. The molecule has 7 heteroatoms. The van der Waals surface area contributed by atoms with E-state index >= 15 is 0 Å². The number of hydrogen-bond donors (Lipinski definition) is 1. The Kier molecular flexibility index (Phi) is 7.68. The average molecular weight is 412 g/mol. The van der Waals surface area contributed by atoms with Gasteiger partial charge in [0.15, 0.2) is 6.10 Å². The predicted molar refractivity (Wildman–Crippen MR) is 115 cm³/mol. The molecule has 2 aromatic rings. The average Bonchev–Trinajstić information content (AvgIpc) is 2.75. The number of carbonyl (C=O) groups is 2. The molecule has 1 aliphatic rings. The normalized spacial score (nSPS) is 14.7. The van der Waals surface area contributed by atoms with Crippen molar-refractivity contribution < 1.29 is 23.8 Å². The molecular formula is C23H28N2O5. The maximum atomic E-state index is 12.3. The summed E-state index contributed by atoms with van der Waals surface area (Å²) in [5, 5.41) is 2.77. The van der Waals surface area contributed by atoms with Crippen LogP contribution in [0.4, 0.5) is 11.4 Å². The van der Waals surface area contributed by atoms with Gasteiger partial charge < -0.3 is 24.4 Å². The molecule has 2 aromatic carbocycles. The smallest absolute Gasteiger partial charge is 0.310 e. The van der Waals surface area contributed by atoms with Crippen LogP contribution in [-0.4, -0.2) is 50.9 Å². The summed E-state index contributed by atoms with van der Waals surface area (Å²) in [6.45, 7) is 6.86. The van der Waals surface area contributed by atoms with Gasteiger partial charge in [-0.25, -0.2) is 0 Å². The molecule has 1 amide bonds. The summed E-state index contributed by atoms with van der Waals surface area (Å²) in [5.74, 6) is -0.149. The highest BCUT2D eigenvalue weighted by Gasteiger charge is 2.18. The van der Waals surface area contributed by atoms with Crippen molar-refractivity contribution in [1.29, 1.82) is 0 Å². The van der Waals surface area contributed by atoms with Crippen LogP contribution in [0.1, 0.15) is 18.9 Å². The number of carbonyl (C=O) groups excluding carboxylic acids is 2. The number of anilines is 2. The molecule has 0 saturated carbocycles. The van der Waals surface area contributed by atoms with E-state index in [1.807, 2.05) is 55.5 Å². The number of benzene rings is 2. The Morgan fingerprint density at radius 3 is 2.57 bits per heavy atom. The van der Waals surface area contributed by atoms with Crippen molar-refractivity contribution in [2.75, 3.05) is 43.1 Å². The Bertz CT molecular complexity index is 847. The Morgan fingerprint density at radius 1 is 1.13 bits per heavy atom. The monoisotopic (exact) mass is 412 g/mol. The van der Waals surface area contributed by atoms with Gasteiger partial charge in [-0.3, -0.25) is 9.59 Å². The third-order valence-corrected chi connectivity index (χ3v) is 4.75. The summed E-state index contributed by atoms with van der Waals surface area (Å²) in [5.41, 5.74) is 2.82. The number of amides is 1. The highest BCUT2D eigenvalue weighted by molar-refractivity contribution is 5.95. The van der Waals surface area contributed by atoms with E-state index in [9.17, 15) is 9.59 Å². The van der Waals surface area contributed by atoms with E-state index in [4.69, 9.17) is 14.2 Å². The van der Waals surface area contributed by atoms with Crippen LogP contribution >= 0.6 is 0 Å². The number of aryl methyl sites for hydroxylation is 1. The zero-order valence-electron chi connectivity index (χ0n) is 17.4. The van der Waals surface area contributed by atoms with Gasteiger partial charge in [0.25, 0.3) is 5.91 Å². The lowest BCUT2D eigenvalue weighted by Gasteiger charge is -2.28. The zero-order valence-corrected chi connectivity index (χ0v) is 17.4. The highest BCUT2D eigenvalue weighted by atomic mass is 16.5. The van der Waals surface area contributed by atoms with Crippen LogP contribution in [0, 0.1) is 6.92 Å². The molecule has 1 fully saturated rings. The van der Waals surface area contributed by atoms with Crippen LogP contribution in [0.15, 0.2) is 48.5 Å².